The van der Waals surface area contributed by atoms with Gasteiger partial charge in [0, 0.05) is 28.9 Å². The first kappa shape index (κ1) is 13.3. The molecule has 0 atom stereocenters. The van der Waals surface area contributed by atoms with Gasteiger partial charge in [0.05, 0.1) is 5.02 Å². The maximum atomic E-state index is 11.4. The summed E-state index contributed by atoms with van der Waals surface area (Å²) in [7, 11) is 0. The third kappa shape index (κ3) is 2.59. The van der Waals surface area contributed by atoms with Crippen LogP contribution in [-0.4, -0.2) is 10.9 Å². The van der Waals surface area contributed by atoms with Crippen molar-refractivity contribution in [3.8, 4) is 0 Å². The fourth-order valence-electron chi connectivity index (χ4n) is 2.06. The van der Waals surface area contributed by atoms with Crippen molar-refractivity contribution in [3.63, 3.8) is 0 Å². The maximum Gasteiger partial charge on any atom is 0.224 e. The zero-order chi connectivity index (χ0) is 14.1. The molecule has 0 saturated carbocycles. The Morgan fingerprint density at radius 1 is 1.35 bits per heavy atom. The van der Waals surface area contributed by atoms with Crippen LogP contribution in [0.2, 0.25) is 5.02 Å². The van der Waals surface area contributed by atoms with Gasteiger partial charge in [-0.25, -0.2) is 4.98 Å². The van der Waals surface area contributed by atoms with Gasteiger partial charge in [-0.3, -0.25) is 4.79 Å². The van der Waals surface area contributed by atoms with Gasteiger partial charge in [0.1, 0.15) is 5.03 Å². The minimum absolute atomic E-state index is 0.0325. The Bertz CT molecular complexity index is 690. The molecule has 0 aliphatic carbocycles. The molecule has 1 aliphatic rings. The van der Waals surface area contributed by atoms with E-state index >= 15 is 0 Å². The molecule has 4 nitrogen and oxygen atoms in total. The van der Waals surface area contributed by atoms with Crippen molar-refractivity contribution in [1.29, 1.82) is 0 Å². The predicted octanol–water partition coefficient (Wildman–Crippen LogP) is 3.35. The molecule has 1 aliphatic heterocycles. The van der Waals surface area contributed by atoms with Crippen molar-refractivity contribution in [1.82, 2.24) is 4.98 Å². The van der Waals surface area contributed by atoms with Gasteiger partial charge in [0.25, 0.3) is 0 Å². The second kappa shape index (κ2) is 5.34. The minimum Gasteiger partial charge on any atom is -0.398 e. The quantitative estimate of drug-likeness (QED) is 0.835. The zero-order valence-corrected chi connectivity index (χ0v) is 12.1. The summed E-state index contributed by atoms with van der Waals surface area (Å²) in [6, 6.07) is 7.38. The standard InChI is InChI=1S/C14H12ClN3OS/c15-9-2-1-5-17-14(9)20-12-6-8-3-4-13(19)18-11(8)7-10(12)16/h1-2,5-7H,3-4,16H2,(H,18,19). The number of rotatable bonds is 2. The summed E-state index contributed by atoms with van der Waals surface area (Å²) < 4.78 is 0. The average Bonchev–Trinajstić information content (AvgIpc) is 2.42. The molecule has 2 heterocycles. The Morgan fingerprint density at radius 2 is 2.20 bits per heavy atom. The number of halogens is 1. The van der Waals surface area contributed by atoms with Crippen LogP contribution in [0.1, 0.15) is 12.0 Å². The van der Waals surface area contributed by atoms with Crippen molar-refractivity contribution < 1.29 is 4.79 Å². The lowest BCUT2D eigenvalue weighted by Gasteiger charge is -2.19. The second-order valence-corrected chi connectivity index (χ2v) is 5.93. The number of nitrogen functional groups attached to an aromatic ring is 1. The Morgan fingerprint density at radius 3 is 3.00 bits per heavy atom. The number of anilines is 2. The molecule has 0 radical (unpaired) electrons. The SMILES string of the molecule is Nc1cc2c(cc1Sc1ncccc1Cl)CCC(=O)N2. The minimum atomic E-state index is 0.0325. The summed E-state index contributed by atoms with van der Waals surface area (Å²) in [5, 5.41) is 4.16. The Hall–Kier alpha value is -1.72. The summed E-state index contributed by atoms with van der Waals surface area (Å²) in [4.78, 5) is 16.5. The largest absolute Gasteiger partial charge is 0.398 e. The molecule has 2 aromatic rings. The number of fused-ring (bicyclic) bond motifs is 1. The van der Waals surface area contributed by atoms with E-state index in [1.54, 1.807) is 24.4 Å². The number of hydrogen-bond acceptors (Lipinski definition) is 4. The smallest absolute Gasteiger partial charge is 0.224 e. The third-order valence-corrected chi connectivity index (χ3v) is 4.57. The summed E-state index contributed by atoms with van der Waals surface area (Å²) >= 11 is 7.54. The molecule has 0 fully saturated rings. The average molecular weight is 306 g/mol. The molecule has 0 bridgehead atoms. The number of carbonyl (C=O) groups is 1. The van der Waals surface area contributed by atoms with Gasteiger partial charge in [0.2, 0.25) is 5.91 Å². The molecular weight excluding hydrogens is 294 g/mol. The van der Waals surface area contributed by atoms with Gasteiger partial charge in [0.15, 0.2) is 0 Å². The van der Waals surface area contributed by atoms with E-state index < -0.39 is 0 Å². The predicted molar refractivity (Wildman–Crippen MR) is 81.2 cm³/mol. The number of aryl methyl sites for hydroxylation is 1. The Balaban J connectivity index is 1.95. The third-order valence-electron chi connectivity index (χ3n) is 3.06. The molecule has 102 valence electrons. The van der Waals surface area contributed by atoms with Gasteiger partial charge in [-0.05, 0) is 36.2 Å². The van der Waals surface area contributed by atoms with Gasteiger partial charge < -0.3 is 11.1 Å². The van der Waals surface area contributed by atoms with Gasteiger partial charge in [-0.1, -0.05) is 23.4 Å². The van der Waals surface area contributed by atoms with Crippen LogP contribution in [0, 0.1) is 0 Å². The highest BCUT2D eigenvalue weighted by Gasteiger charge is 2.17. The van der Waals surface area contributed by atoms with Crippen molar-refractivity contribution in [2.75, 3.05) is 11.1 Å². The molecular formula is C14H12ClN3OS. The fraction of sp³-hybridized carbons (Fsp3) is 0.143. The van der Waals surface area contributed by atoms with Crippen molar-refractivity contribution in [2.45, 2.75) is 22.8 Å². The van der Waals surface area contributed by atoms with E-state index in [2.05, 4.69) is 10.3 Å². The number of hydrogen-bond donors (Lipinski definition) is 2. The molecule has 0 saturated heterocycles. The van der Waals surface area contributed by atoms with Crippen LogP contribution >= 0.6 is 23.4 Å². The second-order valence-electron chi connectivity index (χ2n) is 4.49. The number of aromatic nitrogens is 1. The number of benzene rings is 1. The molecule has 1 aromatic heterocycles. The van der Waals surface area contributed by atoms with Crippen LogP contribution in [0.15, 0.2) is 40.4 Å². The molecule has 0 unspecified atom stereocenters. The van der Waals surface area contributed by atoms with E-state index in [0.29, 0.717) is 17.1 Å². The lowest BCUT2D eigenvalue weighted by atomic mass is 10.0. The first-order valence-corrected chi connectivity index (χ1v) is 7.33. The highest BCUT2D eigenvalue weighted by Crippen LogP contribution is 2.38. The number of nitrogens with zero attached hydrogens (tertiary/aromatic N) is 1. The van der Waals surface area contributed by atoms with Crippen LogP contribution in [0.25, 0.3) is 0 Å². The summed E-state index contributed by atoms with van der Waals surface area (Å²) in [6.45, 7) is 0. The fourth-order valence-corrected chi connectivity index (χ4v) is 3.16. The number of nitrogens with two attached hydrogens (primary N) is 1. The molecule has 3 N–H and O–H groups in total. The van der Waals surface area contributed by atoms with Crippen LogP contribution in [0.4, 0.5) is 11.4 Å². The van der Waals surface area contributed by atoms with Crippen LogP contribution in [-0.2, 0) is 11.2 Å². The normalized spacial score (nSPS) is 13.8. The van der Waals surface area contributed by atoms with Crippen molar-refractivity contribution in [3.05, 3.63) is 41.0 Å². The van der Waals surface area contributed by atoms with E-state index in [-0.39, 0.29) is 5.91 Å². The Kier molecular flexibility index (Phi) is 3.54. The summed E-state index contributed by atoms with van der Waals surface area (Å²) in [5.41, 5.74) is 8.55. The summed E-state index contributed by atoms with van der Waals surface area (Å²) in [6.07, 6.45) is 2.93. The van der Waals surface area contributed by atoms with E-state index in [1.165, 1.54) is 11.8 Å². The van der Waals surface area contributed by atoms with Gasteiger partial charge in [-0.15, -0.1) is 0 Å². The van der Waals surface area contributed by atoms with Gasteiger partial charge in [-0.2, -0.15) is 0 Å². The van der Waals surface area contributed by atoms with Crippen LogP contribution in [0.3, 0.4) is 0 Å². The highest BCUT2D eigenvalue weighted by atomic mass is 35.5. The van der Waals surface area contributed by atoms with Gasteiger partial charge >= 0.3 is 0 Å². The monoisotopic (exact) mass is 305 g/mol. The van der Waals surface area contributed by atoms with E-state index in [1.807, 2.05) is 6.07 Å². The van der Waals surface area contributed by atoms with Crippen molar-refractivity contribution >= 4 is 40.6 Å². The Labute approximate surface area is 125 Å². The first-order valence-electron chi connectivity index (χ1n) is 6.14. The zero-order valence-electron chi connectivity index (χ0n) is 10.5. The lowest BCUT2D eigenvalue weighted by molar-refractivity contribution is -0.116. The number of carbonyl (C=O) groups excluding carboxylic acids is 1. The maximum absolute atomic E-state index is 11.4. The molecule has 1 amide bonds. The first-order chi connectivity index (χ1) is 9.63. The summed E-state index contributed by atoms with van der Waals surface area (Å²) in [5.74, 6) is 0.0325. The van der Waals surface area contributed by atoms with E-state index in [4.69, 9.17) is 17.3 Å². The van der Waals surface area contributed by atoms with E-state index in [0.717, 1.165) is 27.6 Å². The molecule has 1 aromatic carbocycles. The van der Waals surface area contributed by atoms with Crippen LogP contribution < -0.4 is 11.1 Å². The van der Waals surface area contributed by atoms with Crippen LogP contribution in [0.5, 0.6) is 0 Å². The molecule has 0 spiro atoms. The lowest BCUT2D eigenvalue weighted by Crippen LogP contribution is -2.19. The highest BCUT2D eigenvalue weighted by molar-refractivity contribution is 7.99. The molecule has 6 heteroatoms. The van der Waals surface area contributed by atoms with Crippen molar-refractivity contribution in [2.24, 2.45) is 0 Å². The number of pyridine rings is 1. The topological polar surface area (TPSA) is 68.0 Å². The molecule has 3 rings (SSSR count). The van der Waals surface area contributed by atoms with E-state index in [9.17, 15) is 4.79 Å². The number of amides is 1. The molecule has 20 heavy (non-hydrogen) atoms. The number of nitrogens with one attached hydrogen (secondary N) is 1.